The molecule has 0 saturated carbocycles. The smallest absolute Gasteiger partial charge is 0.123 e. The van der Waals surface area contributed by atoms with Crippen molar-refractivity contribution in [1.82, 2.24) is 5.32 Å². The lowest BCUT2D eigenvalue weighted by atomic mass is 10.2. The third kappa shape index (κ3) is 4.12. The first-order chi connectivity index (χ1) is 7.13. The zero-order chi connectivity index (χ0) is 11.3. The van der Waals surface area contributed by atoms with Crippen LogP contribution in [-0.2, 0) is 6.54 Å². The fourth-order valence-electron chi connectivity index (χ4n) is 1.22. The molecule has 0 radical (unpaired) electrons. The quantitative estimate of drug-likeness (QED) is 0.861. The average molecular weight is 246 g/mol. The highest BCUT2D eigenvalue weighted by Crippen LogP contribution is 2.22. The first kappa shape index (κ1) is 12.4. The zero-order valence-corrected chi connectivity index (χ0v) is 10.0. The molecule has 0 spiro atoms. The zero-order valence-electron chi connectivity index (χ0n) is 8.52. The Labute approximate surface area is 99.8 Å². The molecule has 0 heterocycles. The molecule has 0 aliphatic rings. The summed E-state index contributed by atoms with van der Waals surface area (Å²) in [5, 5.41) is 4.40. The third-order valence-corrected chi connectivity index (χ3v) is 2.24. The molecule has 1 rings (SSSR count). The van der Waals surface area contributed by atoms with Gasteiger partial charge in [0.15, 0.2) is 0 Å². The van der Waals surface area contributed by atoms with Crippen molar-refractivity contribution >= 4 is 23.2 Å². The van der Waals surface area contributed by atoms with Gasteiger partial charge in [-0.2, -0.15) is 0 Å². The molecule has 0 aromatic heterocycles. The molecule has 0 aliphatic carbocycles. The summed E-state index contributed by atoms with van der Waals surface area (Å²) >= 11 is 11.5. The summed E-state index contributed by atoms with van der Waals surface area (Å²) in [6.07, 6.45) is 0. The molecule has 4 heteroatoms. The summed E-state index contributed by atoms with van der Waals surface area (Å²) in [4.78, 5) is 0. The van der Waals surface area contributed by atoms with E-state index in [-0.39, 0.29) is 0 Å². The predicted octanol–water partition coefficient (Wildman–Crippen LogP) is 3.19. The van der Waals surface area contributed by atoms with Crippen LogP contribution in [0.25, 0.3) is 0 Å². The van der Waals surface area contributed by atoms with Crippen LogP contribution in [0.1, 0.15) is 5.56 Å². The minimum absolute atomic E-state index is 0.567. The van der Waals surface area contributed by atoms with Gasteiger partial charge >= 0.3 is 0 Å². The molecule has 1 N–H and O–H groups in total. The number of hydrogen-bond acceptors (Lipinski definition) is 2. The monoisotopic (exact) mass is 245 g/mol. The summed E-state index contributed by atoms with van der Waals surface area (Å²) in [5.74, 6) is 0.812. The Balaban J connectivity index is 2.65. The second-order valence-electron chi connectivity index (χ2n) is 3.08. The van der Waals surface area contributed by atoms with E-state index in [2.05, 4.69) is 11.9 Å². The molecule has 0 aliphatic heterocycles. The van der Waals surface area contributed by atoms with Gasteiger partial charge in [-0.15, -0.1) is 0 Å². The molecule has 1 aromatic rings. The molecule has 0 atom stereocenters. The van der Waals surface area contributed by atoms with E-state index in [9.17, 15) is 0 Å². The van der Waals surface area contributed by atoms with Crippen molar-refractivity contribution in [3.8, 4) is 5.75 Å². The number of ether oxygens (including phenoxy) is 1. The largest absolute Gasteiger partial charge is 0.496 e. The third-order valence-electron chi connectivity index (χ3n) is 1.87. The van der Waals surface area contributed by atoms with Gasteiger partial charge in [0.2, 0.25) is 0 Å². The van der Waals surface area contributed by atoms with Gasteiger partial charge in [-0.3, -0.25) is 0 Å². The Bertz CT molecular complexity index is 352. The molecule has 2 nitrogen and oxygen atoms in total. The average Bonchev–Trinajstić information content (AvgIpc) is 2.17. The molecule has 1 aromatic carbocycles. The van der Waals surface area contributed by atoms with E-state index in [0.717, 1.165) is 11.3 Å². The van der Waals surface area contributed by atoms with Crippen LogP contribution in [0, 0.1) is 0 Å². The lowest BCUT2D eigenvalue weighted by Crippen LogP contribution is -2.15. The summed E-state index contributed by atoms with van der Waals surface area (Å²) < 4.78 is 5.20. The number of halogens is 2. The Morgan fingerprint density at radius 1 is 1.53 bits per heavy atom. The Kier molecular flexibility index (Phi) is 4.95. The highest BCUT2D eigenvalue weighted by Gasteiger charge is 2.03. The van der Waals surface area contributed by atoms with Gasteiger partial charge in [0.05, 0.1) is 7.11 Å². The van der Waals surface area contributed by atoms with Gasteiger partial charge in [0.25, 0.3) is 0 Å². The van der Waals surface area contributed by atoms with Gasteiger partial charge in [-0.1, -0.05) is 29.8 Å². The highest BCUT2D eigenvalue weighted by atomic mass is 35.5. The summed E-state index contributed by atoms with van der Waals surface area (Å²) in [5.41, 5.74) is 1.00. The van der Waals surface area contributed by atoms with E-state index in [0.29, 0.717) is 23.1 Å². The molecule has 82 valence electrons. The van der Waals surface area contributed by atoms with E-state index < -0.39 is 0 Å². The standard InChI is InChI=1S/C11H13Cl2NO/c1-8(12)6-14-7-9-5-10(13)3-4-11(9)15-2/h3-5,14H,1,6-7H2,2H3. The fraction of sp³-hybridized carbons (Fsp3) is 0.273. The maximum absolute atomic E-state index is 5.89. The normalized spacial score (nSPS) is 10.1. The lowest BCUT2D eigenvalue weighted by Gasteiger charge is -2.09. The molecule has 15 heavy (non-hydrogen) atoms. The van der Waals surface area contributed by atoms with Gasteiger partial charge in [0.1, 0.15) is 5.75 Å². The molecule has 0 fully saturated rings. The second-order valence-corrected chi connectivity index (χ2v) is 4.05. The fourth-order valence-corrected chi connectivity index (χ4v) is 1.51. The van der Waals surface area contributed by atoms with Crippen LogP contribution in [0.2, 0.25) is 5.02 Å². The number of benzene rings is 1. The summed E-state index contributed by atoms with van der Waals surface area (Å²) in [6, 6.07) is 5.50. The molecule has 0 saturated heterocycles. The van der Waals surface area contributed by atoms with E-state index in [1.807, 2.05) is 12.1 Å². The molecule has 0 unspecified atom stereocenters. The Morgan fingerprint density at radius 2 is 2.27 bits per heavy atom. The minimum Gasteiger partial charge on any atom is -0.496 e. The Hall–Kier alpha value is -0.700. The maximum Gasteiger partial charge on any atom is 0.123 e. The summed E-state index contributed by atoms with van der Waals surface area (Å²) in [6.45, 7) is 4.81. The van der Waals surface area contributed by atoms with Crippen molar-refractivity contribution < 1.29 is 4.74 Å². The SMILES string of the molecule is C=C(Cl)CNCc1cc(Cl)ccc1OC. The first-order valence-electron chi connectivity index (χ1n) is 4.50. The van der Waals surface area contributed by atoms with Crippen LogP contribution in [0.3, 0.4) is 0 Å². The van der Waals surface area contributed by atoms with Crippen molar-refractivity contribution in [3.63, 3.8) is 0 Å². The van der Waals surface area contributed by atoms with Crippen LogP contribution in [0.4, 0.5) is 0 Å². The number of rotatable bonds is 5. The highest BCUT2D eigenvalue weighted by molar-refractivity contribution is 6.30. The topological polar surface area (TPSA) is 21.3 Å². The van der Waals surface area contributed by atoms with Crippen LogP contribution >= 0.6 is 23.2 Å². The molecular weight excluding hydrogens is 233 g/mol. The number of methoxy groups -OCH3 is 1. The van der Waals surface area contributed by atoms with E-state index in [4.69, 9.17) is 27.9 Å². The van der Waals surface area contributed by atoms with Gasteiger partial charge < -0.3 is 10.1 Å². The van der Waals surface area contributed by atoms with Crippen molar-refractivity contribution in [2.45, 2.75) is 6.54 Å². The van der Waals surface area contributed by atoms with Gasteiger partial charge in [-0.05, 0) is 18.2 Å². The van der Waals surface area contributed by atoms with Crippen molar-refractivity contribution in [1.29, 1.82) is 0 Å². The van der Waals surface area contributed by atoms with Crippen LogP contribution in [0.15, 0.2) is 29.8 Å². The van der Waals surface area contributed by atoms with Crippen LogP contribution < -0.4 is 10.1 Å². The maximum atomic E-state index is 5.89. The summed E-state index contributed by atoms with van der Waals surface area (Å²) in [7, 11) is 1.63. The van der Waals surface area contributed by atoms with Crippen molar-refractivity contribution in [3.05, 3.63) is 40.4 Å². The predicted molar refractivity (Wildman–Crippen MR) is 64.7 cm³/mol. The molecule has 0 bridgehead atoms. The first-order valence-corrected chi connectivity index (χ1v) is 5.25. The van der Waals surface area contributed by atoms with Gasteiger partial charge in [-0.25, -0.2) is 0 Å². The minimum atomic E-state index is 0.567. The molecular formula is C11H13Cl2NO. The number of nitrogens with one attached hydrogen (secondary N) is 1. The lowest BCUT2D eigenvalue weighted by molar-refractivity contribution is 0.408. The molecule has 0 amide bonds. The van der Waals surface area contributed by atoms with E-state index in [1.54, 1.807) is 13.2 Å². The van der Waals surface area contributed by atoms with E-state index >= 15 is 0 Å². The van der Waals surface area contributed by atoms with Crippen molar-refractivity contribution in [2.24, 2.45) is 0 Å². The number of hydrogen-bond donors (Lipinski definition) is 1. The Morgan fingerprint density at radius 3 is 2.87 bits per heavy atom. The van der Waals surface area contributed by atoms with Crippen LogP contribution in [0.5, 0.6) is 5.75 Å². The van der Waals surface area contributed by atoms with Crippen molar-refractivity contribution in [2.75, 3.05) is 13.7 Å². The second kappa shape index (κ2) is 6.01. The van der Waals surface area contributed by atoms with Gasteiger partial charge in [0, 0.05) is 28.7 Å². The van der Waals surface area contributed by atoms with Crippen LogP contribution in [-0.4, -0.2) is 13.7 Å². The van der Waals surface area contributed by atoms with E-state index in [1.165, 1.54) is 0 Å².